The number of carbonyl (C=O) groups is 1. The zero-order chi connectivity index (χ0) is 17.9. The summed E-state index contributed by atoms with van der Waals surface area (Å²) in [6, 6.07) is 7.11. The number of nitrogen functional groups attached to an aromatic ring is 1. The zero-order valence-electron chi connectivity index (χ0n) is 12.5. The van der Waals surface area contributed by atoms with Gasteiger partial charge in [0.15, 0.2) is 0 Å². The minimum Gasteiger partial charge on any atom is -0.396 e. The van der Waals surface area contributed by atoms with Gasteiger partial charge in [-0.1, -0.05) is 53.9 Å². The molecule has 2 aromatic rings. The predicted octanol–water partition coefficient (Wildman–Crippen LogP) is 4.24. The quantitative estimate of drug-likeness (QED) is 0.452. The van der Waals surface area contributed by atoms with E-state index in [1.165, 1.54) is 0 Å². The van der Waals surface area contributed by atoms with Crippen molar-refractivity contribution in [1.82, 2.24) is 5.43 Å². The van der Waals surface area contributed by atoms with Crippen molar-refractivity contribution in [3.8, 4) is 0 Å². The van der Waals surface area contributed by atoms with Gasteiger partial charge in [-0.05, 0) is 35.7 Å². The third kappa shape index (κ3) is 4.11. The smallest absolute Gasteiger partial charge is 0.337 e. The zero-order valence-corrected chi connectivity index (χ0v) is 15.5. The van der Waals surface area contributed by atoms with Gasteiger partial charge >= 0.3 is 5.91 Å². The number of pyridine rings is 1. The van der Waals surface area contributed by atoms with E-state index in [1.54, 1.807) is 12.1 Å². The van der Waals surface area contributed by atoms with Crippen molar-refractivity contribution in [3.05, 3.63) is 55.7 Å². The molecule has 1 aromatic carbocycles. The normalized spacial score (nSPS) is 11.5. The van der Waals surface area contributed by atoms with Gasteiger partial charge in [0.05, 0.1) is 11.4 Å². The van der Waals surface area contributed by atoms with Crippen LogP contribution in [0.25, 0.3) is 0 Å². The number of amides is 1. The van der Waals surface area contributed by atoms with E-state index in [9.17, 15) is 4.79 Å². The van der Waals surface area contributed by atoms with E-state index >= 15 is 0 Å². The Morgan fingerprint density at radius 2 is 1.79 bits per heavy atom. The topological polar surface area (TPSA) is 81.6 Å². The van der Waals surface area contributed by atoms with Gasteiger partial charge in [0.25, 0.3) is 10.8 Å². The first-order valence-electron chi connectivity index (χ1n) is 6.83. The van der Waals surface area contributed by atoms with Crippen LogP contribution in [0.2, 0.25) is 20.2 Å². The highest BCUT2D eigenvalue weighted by Gasteiger charge is 2.26. The van der Waals surface area contributed by atoms with Crippen LogP contribution in [-0.2, 0) is 0 Å². The summed E-state index contributed by atoms with van der Waals surface area (Å²) in [6.07, 6.45) is 0.600. The highest BCUT2D eigenvalue weighted by molar-refractivity contribution is 6.45. The Hall–Kier alpha value is -1.53. The Bertz CT molecular complexity index is 806. The Balaban J connectivity index is 2.27. The van der Waals surface area contributed by atoms with Gasteiger partial charge in [-0.15, -0.1) is 0 Å². The molecule has 9 heteroatoms. The van der Waals surface area contributed by atoms with Crippen LogP contribution >= 0.6 is 46.4 Å². The Kier molecular flexibility index (Phi) is 6.29. The second-order valence-corrected chi connectivity index (χ2v) is 6.29. The van der Waals surface area contributed by atoms with E-state index < -0.39 is 5.91 Å². The molecular weight excluding hydrogens is 394 g/mol. The molecule has 0 aliphatic rings. The molecule has 1 aromatic heterocycles. The van der Waals surface area contributed by atoms with Crippen LogP contribution in [0.3, 0.4) is 0 Å². The summed E-state index contributed by atoms with van der Waals surface area (Å²) in [5.74, 6) is -0.592. The first-order valence-corrected chi connectivity index (χ1v) is 8.34. The fourth-order valence-corrected chi connectivity index (χ4v) is 2.63. The van der Waals surface area contributed by atoms with Crippen LogP contribution in [0.5, 0.6) is 0 Å². The van der Waals surface area contributed by atoms with E-state index in [2.05, 4.69) is 15.5 Å². The number of hydrogen-bond acceptors (Lipinski definition) is 3. The summed E-state index contributed by atoms with van der Waals surface area (Å²) < 4.78 is 0. The number of nitrogens with two attached hydrogens (primary N) is 1. The number of H-pyrrole nitrogens is 1. The number of hydrogen-bond donors (Lipinski definition) is 2. The van der Waals surface area contributed by atoms with Crippen molar-refractivity contribution in [1.29, 1.82) is 0 Å². The summed E-state index contributed by atoms with van der Waals surface area (Å²) >= 11 is 23.6. The number of nitrogens with one attached hydrogen (secondary N) is 2. The maximum atomic E-state index is 12.3. The lowest BCUT2D eigenvalue weighted by molar-refractivity contribution is -0.379. The molecule has 5 nitrogen and oxygen atoms in total. The molecule has 0 saturated carbocycles. The Morgan fingerprint density at radius 1 is 1.17 bits per heavy atom. The number of benzene rings is 1. The van der Waals surface area contributed by atoms with E-state index in [-0.39, 0.29) is 26.6 Å². The number of hydrazone groups is 1. The number of carbonyl (C=O) groups excluding carboxylic acids is 1. The van der Waals surface area contributed by atoms with Crippen molar-refractivity contribution < 1.29 is 9.78 Å². The van der Waals surface area contributed by atoms with Crippen molar-refractivity contribution in [2.24, 2.45) is 5.10 Å². The molecule has 1 amide bonds. The van der Waals surface area contributed by atoms with E-state index in [4.69, 9.17) is 52.1 Å². The fraction of sp³-hybridized carbons (Fsp3) is 0.133. The molecule has 0 atom stereocenters. The first-order chi connectivity index (χ1) is 11.3. The fourth-order valence-electron chi connectivity index (χ4n) is 1.89. The van der Waals surface area contributed by atoms with Gasteiger partial charge in [-0.25, -0.2) is 5.43 Å². The molecule has 0 spiro atoms. The molecule has 0 fully saturated rings. The van der Waals surface area contributed by atoms with E-state index in [0.29, 0.717) is 17.2 Å². The molecule has 0 bridgehead atoms. The summed E-state index contributed by atoms with van der Waals surface area (Å²) in [5.41, 5.74) is 9.63. The first kappa shape index (κ1) is 18.8. The van der Waals surface area contributed by atoms with Gasteiger partial charge in [0.2, 0.25) is 0 Å². The summed E-state index contributed by atoms with van der Waals surface area (Å²) in [5, 5.41) is 4.78. The molecule has 126 valence electrons. The van der Waals surface area contributed by atoms with Gasteiger partial charge in [-0.3, -0.25) is 4.79 Å². The lowest BCUT2D eigenvalue weighted by Crippen LogP contribution is -2.29. The molecule has 0 radical (unpaired) electrons. The van der Waals surface area contributed by atoms with E-state index in [1.807, 2.05) is 19.1 Å². The highest BCUT2D eigenvalue weighted by atomic mass is 35.5. The van der Waals surface area contributed by atoms with Gasteiger partial charge in [0.1, 0.15) is 10.0 Å². The third-order valence-electron chi connectivity index (χ3n) is 3.15. The molecule has 24 heavy (non-hydrogen) atoms. The monoisotopic (exact) mass is 405 g/mol. The highest BCUT2D eigenvalue weighted by Crippen LogP contribution is 2.31. The SMILES string of the molecule is CC/C(=N/NC(=O)c1[nH+]c(Cl)c(Cl)c(N)c1Cl)c1ccc(Cl)cc1. The summed E-state index contributed by atoms with van der Waals surface area (Å²) in [6.45, 7) is 1.91. The summed E-state index contributed by atoms with van der Waals surface area (Å²) in [7, 11) is 0. The molecule has 0 unspecified atom stereocenters. The Morgan fingerprint density at radius 3 is 2.38 bits per heavy atom. The average Bonchev–Trinajstić information content (AvgIpc) is 2.58. The molecule has 0 aliphatic heterocycles. The van der Waals surface area contributed by atoms with Gasteiger partial charge in [0, 0.05) is 5.02 Å². The largest absolute Gasteiger partial charge is 0.396 e. The second-order valence-electron chi connectivity index (χ2n) is 4.72. The van der Waals surface area contributed by atoms with Crippen LogP contribution in [0, 0.1) is 0 Å². The second kappa shape index (κ2) is 8.03. The van der Waals surface area contributed by atoms with Crippen molar-refractivity contribution in [2.45, 2.75) is 13.3 Å². The number of nitrogens with zero attached hydrogens (tertiary/aromatic N) is 1. The minimum absolute atomic E-state index is 0.0149. The molecule has 1 heterocycles. The number of rotatable bonds is 4. The van der Waals surface area contributed by atoms with Gasteiger partial charge < -0.3 is 5.73 Å². The lowest BCUT2D eigenvalue weighted by Gasteiger charge is -2.06. The maximum absolute atomic E-state index is 12.3. The van der Waals surface area contributed by atoms with Crippen LogP contribution in [0.1, 0.15) is 29.4 Å². The molecule has 4 N–H and O–H groups in total. The van der Waals surface area contributed by atoms with E-state index in [0.717, 1.165) is 5.56 Å². The maximum Gasteiger partial charge on any atom is 0.337 e. The molecule has 2 rings (SSSR count). The molecular formula is C15H13Cl4N4O+. The predicted molar refractivity (Wildman–Crippen MR) is 98.2 cm³/mol. The molecule has 0 aliphatic carbocycles. The summed E-state index contributed by atoms with van der Waals surface area (Å²) in [4.78, 5) is 14.9. The number of aromatic nitrogens is 1. The van der Waals surface area contributed by atoms with Crippen molar-refractivity contribution in [2.75, 3.05) is 5.73 Å². The number of halogens is 4. The number of anilines is 1. The van der Waals surface area contributed by atoms with Gasteiger partial charge in [-0.2, -0.15) is 10.1 Å². The minimum atomic E-state index is -0.592. The van der Waals surface area contributed by atoms with Crippen molar-refractivity contribution >= 4 is 63.7 Å². The van der Waals surface area contributed by atoms with Crippen LogP contribution < -0.4 is 16.1 Å². The average molecular weight is 407 g/mol. The molecule has 0 saturated heterocycles. The standard InChI is InChI=1S/C15H12Cl4N4O/c1-2-9(7-3-5-8(16)6-4-7)22-23-15(24)13-10(17)12(20)11(18)14(19)21-13/h3-6H,2H2,1H3,(H2,20,21)(H,23,24)/p+1/b22-9-. The van der Waals surface area contributed by atoms with Crippen LogP contribution in [0.15, 0.2) is 29.4 Å². The van der Waals surface area contributed by atoms with Crippen LogP contribution in [0.4, 0.5) is 5.69 Å². The lowest BCUT2D eigenvalue weighted by atomic mass is 10.1. The van der Waals surface area contributed by atoms with Crippen molar-refractivity contribution in [3.63, 3.8) is 0 Å². The third-order valence-corrected chi connectivity index (χ3v) is 4.57. The van der Waals surface area contributed by atoms with Crippen LogP contribution in [-0.4, -0.2) is 11.6 Å². The number of aromatic amines is 1. The Labute approximate surface area is 158 Å².